The molecule has 1 aromatic carbocycles. The van der Waals surface area contributed by atoms with Crippen LogP contribution >= 0.6 is 0 Å². The van der Waals surface area contributed by atoms with E-state index in [0.29, 0.717) is 11.3 Å². The van der Waals surface area contributed by atoms with Crippen LogP contribution in [0.25, 0.3) is 0 Å². The fourth-order valence-corrected chi connectivity index (χ4v) is 1.79. The molecule has 1 amide bonds. The zero-order chi connectivity index (χ0) is 14.4. The van der Waals surface area contributed by atoms with Crippen LogP contribution < -0.4 is 5.32 Å². The lowest BCUT2D eigenvalue weighted by Crippen LogP contribution is -2.24. The van der Waals surface area contributed by atoms with Crippen molar-refractivity contribution < 1.29 is 13.6 Å². The van der Waals surface area contributed by atoms with Crippen molar-refractivity contribution in [1.29, 1.82) is 5.26 Å². The third kappa shape index (κ3) is 3.69. The van der Waals surface area contributed by atoms with Crippen molar-refractivity contribution in [3.05, 3.63) is 59.8 Å². The van der Waals surface area contributed by atoms with Gasteiger partial charge in [0.1, 0.15) is 11.6 Å². The third-order valence-corrected chi connectivity index (χ3v) is 2.86. The standard InChI is InChI=1S/C15H13FN2O2/c16-13-5-3-11(4-6-13)12(9-17)8-15(19)18-10-14-2-1-7-20-14/h1-7,12H,8,10H2,(H,18,19). The zero-order valence-electron chi connectivity index (χ0n) is 10.7. The molecule has 0 bridgehead atoms. The molecule has 0 fully saturated rings. The van der Waals surface area contributed by atoms with Gasteiger partial charge in [0.2, 0.25) is 5.91 Å². The van der Waals surface area contributed by atoms with Gasteiger partial charge in [0, 0.05) is 6.42 Å². The molecule has 0 aliphatic rings. The topological polar surface area (TPSA) is 66.0 Å². The molecule has 0 saturated heterocycles. The molecule has 0 radical (unpaired) electrons. The molecule has 1 unspecified atom stereocenters. The van der Waals surface area contributed by atoms with E-state index in [1.807, 2.05) is 0 Å². The Morgan fingerprint density at radius 3 is 2.70 bits per heavy atom. The first-order valence-corrected chi connectivity index (χ1v) is 6.13. The van der Waals surface area contributed by atoms with Crippen LogP contribution in [0, 0.1) is 17.1 Å². The quantitative estimate of drug-likeness (QED) is 0.910. The van der Waals surface area contributed by atoms with Crippen LogP contribution in [-0.4, -0.2) is 5.91 Å². The van der Waals surface area contributed by atoms with E-state index in [1.54, 1.807) is 12.1 Å². The number of nitrogens with zero attached hydrogens (tertiary/aromatic N) is 1. The number of nitrogens with one attached hydrogen (secondary N) is 1. The number of hydrogen-bond acceptors (Lipinski definition) is 3. The molecule has 1 atom stereocenters. The zero-order valence-corrected chi connectivity index (χ0v) is 10.7. The summed E-state index contributed by atoms with van der Waals surface area (Å²) >= 11 is 0. The molecule has 0 aliphatic heterocycles. The van der Waals surface area contributed by atoms with Crippen LogP contribution in [0.4, 0.5) is 4.39 Å². The fraction of sp³-hybridized carbons (Fsp3) is 0.200. The predicted octanol–water partition coefficient (Wildman–Crippen LogP) is 2.73. The van der Waals surface area contributed by atoms with Gasteiger partial charge in [0.15, 0.2) is 0 Å². The molecule has 5 heteroatoms. The molecule has 20 heavy (non-hydrogen) atoms. The number of benzene rings is 1. The first-order valence-electron chi connectivity index (χ1n) is 6.13. The lowest BCUT2D eigenvalue weighted by atomic mass is 9.97. The van der Waals surface area contributed by atoms with Gasteiger partial charge in [0.05, 0.1) is 24.8 Å². The largest absolute Gasteiger partial charge is 0.467 e. The summed E-state index contributed by atoms with van der Waals surface area (Å²) in [5.74, 6) is -0.564. The Kier molecular flexibility index (Phi) is 4.51. The summed E-state index contributed by atoms with van der Waals surface area (Å²) in [6, 6.07) is 11.1. The number of amides is 1. The number of carbonyl (C=O) groups is 1. The maximum absolute atomic E-state index is 12.8. The minimum atomic E-state index is -0.591. The van der Waals surface area contributed by atoms with Crippen molar-refractivity contribution >= 4 is 5.91 Å². The van der Waals surface area contributed by atoms with Crippen LogP contribution in [0.2, 0.25) is 0 Å². The van der Waals surface area contributed by atoms with Gasteiger partial charge in [-0.3, -0.25) is 4.79 Å². The Morgan fingerprint density at radius 2 is 2.10 bits per heavy atom. The first-order chi connectivity index (χ1) is 9.69. The van der Waals surface area contributed by atoms with E-state index >= 15 is 0 Å². The summed E-state index contributed by atoms with van der Waals surface area (Å²) in [6.45, 7) is 0.285. The average Bonchev–Trinajstić information content (AvgIpc) is 2.97. The summed E-state index contributed by atoms with van der Waals surface area (Å²) in [5, 5.41) is 11.8. The summed E-state index contributed by atoms with van der Waals surface area (Å²) < 4.78 is 17.9. The van der Waals surface area contributed by atoms with Gasteiger partial charge in [-0.2, -0.15) is 5.26 Å². The van der Waals surface area contributed by atoms with Crippen molar-refractivity contribution in [2.75, 3.05) is 0 Å². The van der Waals surface area contributed by atoms with Gasteiger partial charge < -0.3 is 9.73 Å². The lowest BCUT2D eigenvalue weighted by Gasteiger charge is -2.09. The highest BCUT2D eigenvalue weighted by molar-refractivity contribution is 5.77. The second-order valence-corrected chi connectivity index (χ2v) is 4.29. The second kappa shape index (κ2) is 6.53. The Balaban J connectivity index is 1.91. The van der Waals surface area contributed by atoms with Crippen LogP contribution in [0.5, 0.6) is 0 Å². The number of hydrogen-bond donors (Lipinski definition) is 1. The van der Waals surface area contributed by atoms with Gasteiger partial charge in [-0.25, -0.2) is 4.39 Å². The van der Waals surface area contributed by atoms with E-state index < -0.39 is 5.92 Å². The Labute approximate surface area is 115 Å². The molecule has 1 N–H and O–H groups in total. The summed E-state index contributed by atoms with van der Waals surface area (Å²) in [6.07, 6.45) is 1.56. The van der Waals surface area contributed by atoms with Crippen LogP contribution in [0.3, 0.4) is 0 Å². The molecule has 0 spiro atoms. The minimum absolute atomic E-state index is 0.0306. The van der Waals surface area contributed by atoms with Gasteiger partial charge in [-0.1, -0.05) is 12.1 Å². The molecule has 1 heterocycles. The maximum atomic E-state index is 12.8. The summed E-state index contributed by atoms with van der Waals surface area (Å²) in [4.78, 5) is 11.8. The van der Waals surface area contributed by atoms with Crippen LogP contribution in [0.15, 0.2) is 47.1 Å². The average molecular weight is 272 g/mol. The smallest absolute Gasteiger partial charge is 0.222 e. The summed E-state index contributed by atoms with van der Waals surface area (Å²) in [5.41, 5.74) is 0.627. The molecule has 2 rings (SSSR count). The van der Waals surface area contributed by atoms with E-state index in [9.17, 15) is 9.18 Å². The number of halogens is 1. The molecule has 2 aromatic rings. The molecular formula is C15H13FN2O2. The van der Waals surface area contributed by atoms with Gasteiger partial charge in [-0.15, -0.1) is 0 Å². The van der Waals surface area contributed by atoms with Gasteiger partial charge in [0.25, 0.3) is 0 Å². The van der Waals surface area contributed by atoms with E-state index in [4.69, 9.17) is 9.68 Å². The predicted molar refractivity (Wildman–Crippen MR) is 69.9 cm³/mol. The van der Waals surface area contributed by atoms with E-state index in [0.717, 1.165) is 0 Å². The van der Waals surface area contributed by atoms with Crippen LogP contribution in [0.1, 0.15) is 23.7 Å². The highest BCUT2D eigenvalue weighted by Gasteiger charge is 2.15. The maximum Gasteiger partial charge on any atom is 0.222 e. The van der Waals surface area contributed by atoms with E-state index in [1.165, 1.54) is 30.5 Å². The van der Waals surface area contributed by atoms with Crippen molar-refractivity contribution in [1.82, 2.24) is 5.32 Å². The third-order valence-electron chi connectivity index (χ3n) is 2.86. The summed E-state index contributed by atoms with van der Waals surface area (Å²) in [7, 11) is 0. The van der Waals surface area contributed by atoms with Crippen LogP contribution in [-0.2, 0) is 11.3 Å². The lowest BCUT2D eigenvalue weighted by molar-refractivity contribution is -0.121. The number of nitriles is 1. The SMILES string of the molecule is N#CC(CC(=O)NCc1ccco1)c1ccc(F)cc1. The number of furan rings is 1. The Bertz CT molecular complexity index is 600. The molecule has 102 valence electrons. The monoisotopic (exact) mass is 272 g/mol. The molecular weight excluding hydrogens is 259 g/mol. The normalized spacial score (nSPS) is 11.6. The highest BCUT2D eigenvalue weighted by atomic mass is 19.1. The molecule has 4 nitrogen and oxygen atoms in total. The molecule has 1 aromatic heterocycles. The van der Waals surface area contributed by atoms with Crippen molar-refractivity contribution in [2.45, 2.75) is 18.9 Å². The van der Waals surface area contributed by atoms with Crippen molar-refractivity contribution in [3.63, 3.8) is 0 Å². The van der Waals surface area contributed by atoms with Gasteiger partial charge >= 0.3 is 0 Å². The minimum Gasteiger partial charge on any atom is -0.467 e. The molecule has 0 aliphatic carbocycles. The fourth-order valence-electron chi connectivity index (χ4n) is 1.79. The van der Waals surface area contributed by atoms with Crippen molar-refractivity contribution in [2.24, 2.45) is 0 Å². The van der Waals surface area contributed by atoms with E-state index in [2.05, 4.69) is 11.4 Å². The van der Waals surface area contributed by atoms with E-state index in [-0.39, 0.29) is 24.7 Å². The highest BCUT2D eigenvalue weighted by Crippen LogP contribution is 2.19. The number of carbonyl (C=O) groups excluding carboxylic acids is 1. The Morgan fingerprint density at radius 1 is 1.35 bits per heavy atom. The molecule has 0 saturated carbocycles. The van der Waals surface area contributed by atoms with Gasteiger partial charge in [-0.05, 0) is 29.8 Å². The second-order valence-electron chi connectivity index (χ2n) is 4.29. The Hall–Kier alpha value is -2.61. The number of rotatable bonds is 5. The first kappa shape index (κ1) is 13.8. The van der Waals surface area contributed by atoms with Crippen molar-refractivity contribution in [3.8, 4) is 6.07 Å².